The third-order valence-corrected chi connectivity index (χ3v) is 7.19. The molecular formula is C26H25ClN2O4S. The van der Waals surface area contributed by atoms with E-state index in [0.29, 0.717) is 57.8 Å². The zero-order valence-corrected chi connectivity index (χ0v) is 20.3. The van der Waals surface area contributed by atoms with E-state index in [2.05, 4.69) is 5.32 Å². The van der Waals surface area contributed by atoms with E-state index in [1.165, 1.54) is 0 Å². The highest BCUT2D eigenvalue weighted by atomic mass is 35.5. The standard InChI is InChI=1S/C26H25ClN2O4S/c1-2-33-14-6-13-28-25(30)19-11-12-24-22(16-19)29(17-18-7-5-8-20(27)15-18)26(31)21-9-3-4-10-23(21)34(24)32/h3-5,7-12,15-16H,2,6,13-14,17H2,1H3,(H,28,30). The molecule has 8 heteroatoms. The lowest BCUT2D eigenvalue weighted by Gasteiger charge is -2.23. The smallest absolute Gasteiger partial charge is 0.259 e. The van der Waals surface area contributed by atoms with Crippen molar-refractivity contribution in [1.82, 2.24) is 5.32 Å². The van der Waals surface area contributed by atoms with Crippen LogP contribution in [0.3, 0.4) is 0 Å². The van der Waals surface area contributed by atoms with Gasteiger partial charge in [-0.2, -0.15) is 0 Å². The van der Waals surface area contributed by atoms with Gasteiger partial charge >= 0.3 is 0 Å². The first-order valence-corrected chi connectivity index (χ1v) is 12.6. The molecule has 3 aromatic rings. The molecule has 1 unspecified atom stereocenters. The normalized spacial score (nSPS) is 14.8. The van der Waals surface area contributed by atoms with Gasteiger partial charge in [-0.05, 0) is 61.4 Å². The van der Waals surface area contributed by atoms with E-state index in [-0.39, 0.29) is 18.4 Å². The summed E-state index contributed by atoms with van der Waals surface area (Å²) >= 11 is 6.17. The van der Waals surface area contributed by atoms with Crippen molar-refractivity contribution in [2.24, 2.45) is 0 Å². The van der Waals surface area contributed by atoms with E-state index in [1.54, 1.807) is 59.5 Å². The van der Waals surface area contributed by atoms with Gasteiger partial charge in [0.25, 0.3) is 11.8 Å². The molecule has 0 aromatic heterocycles. The fourth-order valence-electron chi connectivity index (χ4n) is 3.80. The first-order chi connectivity index (χ1) is 16.5. The molecule has 6 nitrogen and oxygen atoms in total. The number of nitrogens with one attached hydrogen (secondary N) is 1. The Morgan fingerprint density at radius 1 is 1.06 bits per heavy atom. The van der Waals surface area contributed by atoms with Crippen molar-refractivity contribution >= 4 is 39.9 Å². The molecule has 1 aliphatic heterocycles. The van der Waals surface area contributed by atoms with Crippen LogP contribution in [0.2, 0.25) is 5.02 Å². The van der Waals surface area contributed by atoms with Crippen LogP contribution in [0.1, 0.15) is 39.6 Å². The van der Waals surface area contributed by atoms with Gasteiger partial charge in [0, 0.05) is 30.3 Å². The van der Waals surface area contributed by atoms with Crippen molar-refractivity contribution in [3.05, 3.63) is 88.4 Å². The predicted octanol–water partition coefficient (Wildman–Crippen LogP) is 4.82. The molecule has 3 aromatic carbocycles. The second kappa shape index (κ2) is 11.0. The molecule has 0 bridgehead atoms. The lowest BCUT2D eigenvalue weighted by molar-refractivity contribution is 0.0941. The van der Waals surface area contributed by atoms with Gasteiger partial charge in [-0.25, -0.2) is 4.21 Å². The third kappa shape index (κ3) is 5.22. The highest BCUT2D eigenvalue weighted by Crippen LogP contribution is 2.36. The van der Waals surface area contributed by atoms with E-state index in [0.717, 1.165) is 5.56 Å². The van der Waals surface area contributed by atoms with Gasteiger partial charge in [-0.3, -0.25) is 9.59 Å². The summed E-state index contributed by atoms with van der Waals surface area (Å²) in [5.41, 5.74) is 2.03. The number of ether oxygens (including phenoxy) is 1. The molecule has 0 spiro atoms. The summed E-state index contributed by atoms with van der Waals surface area (Å²) in [7, 11) is -1.58. The Hall–Kier alpha value is -3.00. The van der Waals surface area contributed by atoms with Crippen molar-refractivity contribution in [2.45, 2.75) is 29.7 Å². The molecule has 0 fully saturated rings. The predicted molar refractivity (Wildman–Crippen MR) is 133 cm³/mol. The fraction of sp³-hybridized carbons (Fsp3) is 0.231. The van der Waals surface area contributed by atoms with E-state index >= 15 is 0 Å². The number of halogens is 1. The Balaban J connectivity index is 1.71. The fourth-order valence-corrected chi connectivity index (χ4v) is 5.36. The number of benzene rings is 3. The molecule has 2 amide bonds. The molecule has 0 aliphatic carbocycles. The maximum Gasteiger partial charge on any atom is 0.259 e. The number of carbonyl (C=O) groups is 2. The summed E-state index contributed by atoms with van der Waals surface area (Å²) < 4.78 is 18.8. The van der Waals surface area contributed by atoms with Crippen LogP contribution in [0.25, 0.3) is 0 Å². The first kappa shape index (κ1) is 24.1. The van der Waals surface area contributed by atoms with E-state index in [4.69, 9.17) is 16.3 Å². The SMILES string of the molecule is CCOCCCNC(=O)c1ccc2c(c1)N(Cc1cccc(Cl)c1)C(=O)c1ccccc1S2=O. The second-order valence-electron chi connectivity index (χ2n) is 7.77. The molecule has 4 rings (SSSR count). The number of nitrogens with zero attached hydrogens (tertiary/aromatic N) is 1. The monoisotopic (exact) mass is 496 g/mol. The summed E-state index contributed by atoms with van der Waals surface area (Å²) in [6.45, 7) is 3.82. The van der Waals surface area contributed by atoms with Crippen molar-refractivity contribution in [1.29, 1.82) is 0 Å². The summed E-state index contributed by atoms with van der Waals surface area (Å²) in [6, 6.07) is 19.1. The van der Waals surface area contributed by atoms with Crippen LogP contribution in [0.4, 0.5) is 5.69 Å². The molecule has 0 saturated carbocycles. The van der Waals surface area contributed by atoms with Gasteiger partial charge in [-0.15, -0.1) is 0 Å². The van der Waals surface area contributed by atoms with E-state index in [1.807, 2.05) is 19.1 Å². The van der Waals surface area contributed by atoms with Gasteiger partial charge in [0.1, 0.15) is 0 Å². The van der Waals surface area contributed by atoms with Gasteiger partial charge in [-0.1, -0.05) is 35.9 Å². The molecule has 1 aliphatic rings. The van der Waals surface area contributed by atoms with Crippen LogP contribution in [0.15, 0.2) is 76.5 Å². The lowest BCUT2D eigenvalue weighted by Crippen LogP contribution is -2.31. The number of fused-ring (bicyclic) bond motifs is 2. The van der Waals surface area contributed by atoms with Crippen molar-refractivity contribution in [3.8, 4) is 0 Å². The molecule has 1 heterocycles. The Bertz CT molecular complexity index is 1250. The maximum atomic E-state index is 13.6. The second-order valence-corrected chi connectivity index (χ2v) is 9.63. The van der Waals surface area contributed by atoms with Crippen LogP contribution < -0.4 is 10.2 Å². The Labute approximate surface area is 206 Å². The van der Waals surface area contributed by atoms with Crippen LogP contribution in [0, 0.1) is 0 Å². The van der Waals surface area contributed by atoms with Gasteiger partial charge in [0.15, 0.2) is 0 Å². The number of anilines is 1. The van der Waals surface area contributed by atoms with Gasteiger partial charge < -0.3 is 15.0 Å². The molecule has 1 atom stereocenters. The highest BCUT2D eigenvalue weighted by molar-refractivity contribution is 7.85. The minimum atomic E-state index is -1.58. The molecular weight excluding hydrogens is 472 g/mol. The van der Waals surface area contributed by atoms with Gasteiger partial charge in [0.2, 0.25) is 0 Å². The lowest BCUT2D eigenvalue weighted by atomic mass is 10.1. The van der Waals surface area contributed by atoms with Crippen LogP contribution in [0.5, 0.6) is 0 Å². The summed E-state index contributed by atoms with van der Waals surface area (Å²) in [6.07, 6.45) is 0.698. The zero-order chi connectivity index (χ0) is 24.1. The zero-order valence-electron chi connectivity index (χ0n) is 18.8. The molecule has 0 radical (unpaired) electrons. The topological polar surface area (TPSA) is 75.7 Å². The minimum Gasteiger partial charge on any atom is -0.382 e. The summed E-state index contributed by atoms with van der Waals surface area (Å²) in [4.78, 5) is 28.9. The maximum absolute atomic E-state index is 13.6. The van der Waals surface area contributed by atoms with Crippen LogP contribution in [-0.4, -0.2) is 35.8 Å². The minimum absolute atomic E-state index is 0.220. The number of carbonyl (C=O) groups excluding carboxylic acids is 2. The molecule has 1 N–H and O–H groups in total. The number of hydrogen-bond acceptors (Lipinski definition) is 4. The first-order valence-electron chi connectivity index (χ1n) is 11.1. The quantitative estimate of drug-likeness (QED) is 0.453. The van der Waals surface area contributed by atoms with Crippen molar-refractivity contribution < 1.29 is 18.5 Å². The summed E-state index contributed by atoms with van der Waals surface area (Å²) in [5, 5.41) is 3.44. The van der Waals surface area contributed by atoms with E-state index < -0.39 is 10.8 Å². The average molecular weight is 497 g/mol. The van der Waals surface area contributed by atoms with Gasteiger partial charge in [0.05, 0.1) is 38.4 Å². The number of amides is 2. The molecule has 176 valence electrons. The third-order valence-electron chi connectivity index (χ3n) is 5.46. The Morgan fingerprint density at radius 2 is 1.88 bits per heavy atom. The summed E-state index contributed by atoms with van der Waals surface area (Å²) in [5.74, 6) is -0.543. The Morgan fingerprint density at radius 3 is 2.68 bits per heavy atom. The Kier molecular flexibility index (Phi) is 7.77. The largest absolute Gasteiger partial charge is 0.382 e. The van der Waals surface area contributed by atoms with E-state index in [9.17, 15) is 13.8 Å². The molecule has 0 saturated heterocycles. The average Bonchev–Trinajstić information content (AvgIpc) is 2.93. The van der Waals surface area contributed by atoms with Crippen molar-refractivity contribution in [3.63, 3.8) is 0 Å². The number of hydrogen-bond donors (Lipinski definition) is 1. The molecule has 34 heavy (non-hydrogen) atoms. The van der Waals surface area contributed by atoms with Crippen LogP contribution >= 0.6 is 11.6 Å². The van der Waals surface area contributed by atoms with Crippen molar-refractivity contribution in [2.75, 3.05) is 24.7 Å². The van der Waals surface area contributed by atoms with Crippen LogP contribution in [-0.2, 0) is 22.1 Å². The highest BCUT2D eigenvalue weighted by Gasteiger charge is 2.31. The number of rotatable bonds is 8.